The number of nitrogen functional groups attached to an aromatic ring is 1. The average Bonchev–Trinajstić information content (AvgIpc) is 2.94. The lowest BCUT2D eigenvalue weighted by molar-refractivity contribution is 0.566. The fourth-order valence-corrected chi connectivity index (χ4v) is 3.46. The summed E-state index contributed by atoms with van der Waals surface area (Å²) in [6.07, 6.45) is 6.89. The van der Waals surface area contributed by atoms with E-state index in [0.29, 0.717) is 12.2 Å². The van der Waals surface area contributed by atoms with Gasteiger partial charge in [0.15, 0.2) is 0 Å². The van der Waals surface area contributed by atoms with E-state index in [-0.39, 0.29) is 9.92 Å². The van der Waals surface area contributed by atoms with Crippen LogP contribution in [0.3, 0.4) is 0 Å². The first-order valence-electron chi connectivity index (χ1n) is 6.49. The quantitative estimate of drug-likeness (QED) is 0.600. The van der Waals surface area contributed by atoms with Gasteiger partial charge in [0.1, 0.15) is 4.90 Å². The van der Waals surface area contributed by atoms with Crippen LogP contribution in [0.2, 0.25) is 5.02 Å². The number of nitrogens with one attached hydrogen (secondary N) is 1. The zero-order valence-corrected chi connectivity index (χ0v) is 12.9. The van der Waals surface area contributed by atoms with Crippen LogP contribution in [0.5, 0.6) is 0 Å². The van der Waals surface area contributed by atoms with E-state index in [0.717, 1.165) is 19.4 Å². The molecule has 2 aromatic rings. The Hall–Kier alpha value is -1.57. The number of anilines is 1. The molecule has 0 unspecified atom stereocenters. The van der Waals surface area contributed by atoms with Crippen molar-refractivity contribution in [3.63, 3.8) is 0 Å². The fraction of sp³-hybridized carbons (Fsp3) is 0.308. The maximum atomic E-state index is 12.1. The van der Waals surface area contributed by atoms with E-state index >= 15 is 0 Å². The third-order valence-corrected chi connectivity index (χ3v) is 4.88. The fourth-order valence-electron chi connectivity index (χ4n) is 1.85. The van der Waals surface area contributed by atoms with Gasteiger partial charge in [-0.3, -0.25) is 0 Å². The van der Waals surface area contributed by atoms with E-state index in [1.54, 1.807) is 18.6 Å². The van der Waals surface area contributed by atoms with Gasteiger partial charge in [-0.2, -0.15) is 0 Å². The number of halogens is 1. The van der Waals surface area contributed by atoms with Crippen molar-refractivity contribution >= 4 is 27.3 Å². The molecule has 0 radical (unpaired) electrons. The lowest BCUT2D eigenvalue weighted by Gasteiger charge is -2.09. The van der Waals surface area contributed by atoms with Crippen molar-refractivity contribution in [3.05, 3.63) is 41.9 Å². The number of imidazole rings is 1. The second-order valence-corrected chi connectivity index (χ2v) is 6.74. The lowest BCUT2D eigenvalue weighted by atomic mass is 10.3. The molecule has 0 atom stereocenters. The Morgan fingerprint density at radius 1 is 1.33 bits per heavy atom. The summed E-state index contributed by atoms with van der Waals surface area (Å²) in [4.78, 5) is 3.96. The molecule has 21 heavy (non-hydrogen) atoms. The van der Waals surface area contributed by atoms with Gasteiger partial charge < -0.3 is 10.3 Å². The molecule has 1 aromatic heterocycles. The van der Waals surface area contributed by atoms with Crippen LogP contribution >= 0.6 is 11.6 Å². The largest absolute Gasteiger partial charge is 0.399 e. The third kappa shape index (κ3) is 4.45. The molecule has 0 spiro atoms. The molecule has 0 saturated carbocycles. The highest BCUT2D eigenvalue weighted by molar-refractivity contribution is 7.89. The Bertz CT molecular complexity index is 686. The first-order chi connectivity index (χ1) is 9.99. The summed E-state index contributed by atoms with van der Waals surface area (Å²) < 4.78 is 28.7. The smallest absolute Gasteiger partial charge is 0.242 e. The molecule has 0 fully saturated rings. The van der Waals surface area contributed by atoms with Crippen molar-refractivity contribution < 1.29 is 8.42 Å². The summed E-state index contributed by atoms with van der Waals surface area (Å²) in [6, 6.07) is 4.40. The minimum atomic E-state index is -3.63. The zero-order chi connectivity index (χ0) is 15.3. The molecular weight excluding hydrogens is 312 g/mol. The molecule has 0 saturated heterocycles. The summed E-state index contributed by atoms with van der Waals surface area (Å²) in [5.41, 5.74) is 5.96. The Labute approximate surface area is 129 Å². The Morgan fingerprint density at radius 3 is 2.86 bits per heavy atom. The van der Waals surface area contributed by atoms with Crippen LogP contribution in [0.4, 0.5) is 5.69 Å². The van der Waals surface area contributed by atoms with Crippen molar-refractivity contribution in [2.45, 2.75) is 24.3 Å². The highest BCUT2D eigenvalue weighted by Crippen LogP contribution is 2.23. The molecular formula is C13H17ClN4O2S. The highest BCUT2D eigenvalue weighted by Gasteiger charge is 2.17. The molecule has 0 bridgehead atoms. The maximum absolute atomic E-state index is 12.1. The summed E-state index contributed by atoms with van der Waals surface area (Å²) in [7, 11) is -3.63. The topological polar surface area (TPSA) is 90.0 Å². The van der Waals surface area contributed by atoms with Gasteiger partial charge in [-0.1, -0.05) is 11.6 Å². The van der Waals surface area contributed by atoms with Crippen LogP contribution in [0.1, 0.15) is 12.8 Å². The van der Waals surface area contributed by atoms with Crippen molar-refractivity contribution in [2.75, 3.05) is 12.3 Å². The van der Waals surface area contributed by atoms with Crippen molar-refractivity contribution in [2.24, 2.45) is 0 Å². The SMILES string of the molecule is Nc1ccc(Cl)c(S(=O)(=O)NCCCCn2ccnc2)c1. The Balaban J connectivity index is 1.85. The predicted molar refractivity (Wildman–Crippen MR) is 82.5 cm³/mol. The normalized spacial score (nSPS) is 11.7. The first kappa shape index (κ1) is 15.8. The van der Waals surface area contributed by atoms with E-state index in [2.05, 4.69) is 9.71 Å². The monoisotopic (exact) mass is 328 g/mol. The first-order valence-corrected chi connectivity index (χ1v) is 8.35. The molecule has 0 aliphatic rings. The van der Waals surface area contributed by atoms with Crippen LogP contribution in [0.15, 0.2) is 41.8 Å². The molecule has 1 heterocycles. The lowest BCUT2D eigenvalue weighted by Crippen LogP contribution is -2.25. The highest BCUT2D eigenvalue weighted by atomic mass is 35.5. The van der Waals surface area contributed by atoms with Crippen molar-refractivity contribution in [3.8, 4) is 0 Å². The number of unbranched alkanes of at least 4 members (excludes halogenated alkanes) is 1. The van der Waals surface area contributed by atoms with Crippen LogP contribution in [-0.2, 0) is 16.6 Å². The zero-order valence-electron chi connectivity index (χ0n) is 11.4. The summed E-state index contributed by atoms with van der Waals surface area (Å²) in [5, 5.41) is 0.162. The standard InChI is InChI=1S/C13H17ClN4O2S/c14-12-4-3-11(15)9-13(12)21(19,20)17-5-1-2-7-18-8-6-16-10-18/h3-4,6,8-10,17H,1-2,5,7,15H2. The van der Waals surface area contributed by atoms with Gasteiger partial charge in [0, 0.05) is 31.2 Å². The molecule has 0 amide bonds. The van der Waals surface area contributed by atoms with Crippen molar-refractivity contribution in [1.82, 2.24) is 14.3 Å². The minimum Gasteiger partial charge on any atom is -0.399 e. The van der Waals surface area contributed by atoms with E-state index in [4.69, 9.17) is 17.3 Å². The van der Waals surface area contributed by atoms with Gasteiger partial charge in [-0.05, 0) is 31.0 Å². The number of benzene rings is 1. The Kier molecular flexibility index (Phi) is 5.22. The van der Waals surface area contributed by atoms with Gasteiger partial charge in [0.05, 0.1) is 11.3 Å². The minimum absolute atomic E-state index is 0.0128. The third-order valence-electron chi connectivity index (χ3n) is 2.94. The summed E-state index contributed by atoms with van der Waals surface area (Å²) >= 11 is 5.90. The molecule has 1 aromatic carbocycles. The van der Waals surface area contributed by atoms with Gasteiger partial charge in [0.25, 0.3) is 0 Å². The number of nitrogens with zero attached hydrogens (tertiary/aromatic N) is 2. The average molecular weight is 329 g/mol. The molecule has 114 valence electrons. The van der Waals surface area contributed by atoms with Gasteiger partial charge in [0.2, 0.25) is 10.0 Å². The van der Waals surface area contributed by atoms with Gasteiger partial charge in [-0.25, -0.2) is 18.1 Å². The van der Waals surface area contributed by atoms with Crippen molar-refractivity contribution in [1.29, 1.82) is 0 Å². The summed E-state index contributed by atoms with van der Waals surface area (Å²) in [5.74, 6) is 0. The van der Waals surface area contributed by atoms with Crippen LogP contribution in [-0.4, -0.2) is 24.5 Å². The summed E-state index contributed by atoms with van der Waals surface area (Å²) in [6.45, 7) is 1.16. The van der Waals surface area contributed by atoms with Crippen LogP contribution in [0, 0.1) is 0 Å². The number of nitrogens with two attached hydrogens (primary N) is 1. The molecule has 2 rings (SSSR count). The molecule has 3 N–H and O–H groups in total. The van der Waals surface area contributed by atoms with E-state index in [1.807, 2.05) is 10.8 Å². The molecule has 0 aliphatic carbocycles. The maximum Gasteiger partial charge on any atom is 0.242 e. The number of aromatic nitrogens is 2. The number of sulfonamides is 1. The molecule has 6 nitrogen and oxygen atoms in total. The van der Waals surface area contributed by atoms with E-state index in [9.17, 15) is 8.42 Å². The van der Waals surface area contributed by atoms with E-state index in [1.165, 1.54) is 12.1 Å². The number of aryl methyl sites for hydroxylation is 1. The van der Waals surface area contributed by atoms with E-state index < -0.39 is 10.0 Å². The van der Waals surface area contributed by atoms with Crippen LogP contribution in [0.25, 0.3) is 0 Å². The van der Waals surface area contributed by atoms with Crippen LogP contribution < -0.4 is 10.5 Å². The van der Waals surface area contributed by atoms with Gasteiger partial charge >= 0.3 is 0 Å². The number of hydrogen-bond donors (Lipinski definition) is 2. The second-order valence-electron chi connectivity index (χ2n) is 4.60. The molecule has 0 aliphatic heterocycles. The van der Waals surface area contributed by atoms with Gasteiger partial charge in [-0.15, -0.1) is 0 Å². The Morgan fingerprint density at radius 2 is 2.14 bits per heavy atom. The predicted octanol–water partition coefficient (Wildman–Crippen LogP) is 1.88. The molecule has 8 heteroatoms. The number of rotatable bonds is 7. The second kappa shape index (κ2) is 6.93. The number of hydrogen-bond acceptors (Lipinski definition) is 4.